The molecule has 0 spiro atoms. The van der Waals surface area contributed by atoms with Crippen molar-refractivity contribution in [1.82, 2.24) is 0 Å². The molecule has 6 nitrogen and oxygen atoms in total. The molecule has 0 bridgehead atoms. The number of aryl methyl sites for hydroxylation is 1. The summed E-state index contributed by atoms with van der Waals surface area (Å²) in [4.78, 5) is 4.55. The second-order valence-corrected chi connectivity index (χ2v) is 15.7. The van der Waals surface area contributed by atoms with Crippen LogP contribution in [-0.2, 0) is 18.6 Å². The Balaban J connectivity index is 1.20. The largest absolute Gasteiger partial charge is 0.494 e. The second-order valence-electron chi connectivity index (χ2n) is 15.7. The fraction of sp³-hybridized carbons (Fsp3) is 0.302. The molecule has 0 radical (unpaired) electrons. The molecule has 8 heteroatoms. The smallest absolute Gasteiger partial charge is 0.399 e. The van der Waals surface area contributed by atoms with Crippen molar-refractivity contribution in [3.63, 3.8) is 0 Å². The summed E-state index contributed by atoms with van der Waals surface area (Å²) in [6.07, 6.45) is 0. The minimum absolute atomic E-state index is 0.393. The van der Waals surface area contributed by atoms with Crippen LogP contribution in [0.3, 0.4) is 0 Å². The van der Waals surface area contributed by atoms with Crippen molar-refractivity contribution in [2.45, 2.75) is 84.7 Å². The highest BCUT2D eigenvalue weighted by molar-refractivity contribution is 6.62. The van der Waals surface area contributed by atoms with Gasteiger partial charge in [-0.15, -0.1) is 0 Å². The minimum atomic E-state index is -0.411. The number of para-hydroxylation sites is 1. The van der Waals surface area contributed by atoms with Crippen LogP contribution in [0, 0.1) is 6.92 Å². The van der Waals surface area contributed by atoms with Crippen molar-refractivity contribution in [1.29, 1.82) is 0 Å². The summed E-state index contributed by atoms with van der Waals surface area (Å²) in [5, 5.41) is 0. The van der Waals surface area contributed by atoms with Gasteiger partial charge in [-0.2, -0.15) is 0 Å². The molecule has 260 valence electrons. The Morgan fingerprint density at radius 2 is 0.608 bits per heavy atom. The predicted molar refractivity (Wildman–Crippen MR) is 212 cm³/mol. The molecular weight excluding hydrogens is 630 g/mol. The molecule has 0 atom stereocenters. The fourth-order valence-corrected chi connectivity index (χ4v) is 6.44. The van der Waals surface area contributed by atoms with Gasteiger partial charge in [0.1, 0.15) is 0 Å². The van der Waals surface area contributed by atoms with Gasteiger partial charge in [0.25, 0.3) is 0 Å². The maximum Gasteiger partial charge on any atom is 0.494 e. The van der Waals surface area contributed by atoms with Crippen LogP contribution in [0.15, 0.2) is 127 Å². The first-order valence-corrected chi connectivity index (χ1v) is 17.9. The molecule has 0 N–H and O–H groups in total. The molecule has 2 heterocycles. The minimum Gasteiger partial charge on any atom is -0.399 e. The average molecular weight is 678 g/mol. The molecule has 0 saturated carbocycles. The Hall–Kier alpha value is -4.33. The van der Waals surface area contributed by atoms with Crippen LogP contribution in [0.4, 0.5) is 34.1 Å². The highest BCUT2D eigenvalue weighted by Gasteiger charge is 2.52. The SMILES string of the molecule is Cc1ccc(N(c2ccc(B3OC(C)(C)C(C)(C)O3)cc2)c2ccc(N(c3ccccc3)c3ccc(B4OC(C)(C)C(C)(C)O4)cc3)cc2)cc1. The molecule has 0 unspecified atom stereocenters. The Morgan fingerprint density at radius 1 is 0.353 bits per heavy atom. The zero-order valence-corrected chi connectivity index (χ0v) is 31.3. The molecule has 0 aromatic heterocycles. The first kappa shape index (κ1) is 35.1. The van der Waals surface area contributed by atoms with Crippen molar-refractivity contribution in [3.8, 4) is 0 Å². The first-order valence-electron chi connectivity index (χ1n) is 17.9. The van der Waals surface area contributed by atoms with E-state index in [-0.39, 0.29) is 0 Å². The predicted octanol–water partition coefficient (Wildman–Crippen LogP) is 9.53. The van der Waals surface area contributed by atoms with Gasteiger partial charge >= 0.3 is 14.2 Å². The highest BCUT2D eigenvalue weighted by Crippen LogP contribution is 2.41. The fourth-order valence-electron chi connectivity index (χ4n) is 6.44. The Kier molecular flexibility index (Phi) is 8.96. The molecule has 0 amide bonds. The number of hydrogen-bond acceptors (Lipinski definition) is 6. The molecule has 5 aromatic carbocycles. The van der Waals surface area contributed by atoms with Crippen LogP contribution >= 0.6 is 0 Å². The summed E-state index contributed by atoms with van der Waals surface area (Å²) < 4.78 is 25.3. The lowest BCUT2D eigenvalue weighted by Crippen LogP contribution is -2.41. The molecule has 51 heavy (non-hydrogen) atoms. The van der Waals surface area contributed by atoms with Crippen LogP contribution in [0.1, 0.15) is 61.0 Å². The number of anilines is 6. The van der Waals surface area contributed by atoms with E-state index >= 15 is 0 Å². The van der Waals surface area contributed by atoms with Crippen molar-refractivity contribution in [3.05, 3.63) is 133 Å². The molecule has 2 aliphatic heterocycles. The molecular formula is C43H48B2N2O4. The van der Waals surface area contributed by atoms with E-state index in [0.29, 0.717) is 0 Å². The van der Waals surface area contributed by atoms with Crippen molar-refractivity contribution < 1.29 is 18.6 Å². The number of hydrogen-bond donors (Lipinski definition) is 0. The van der Waals surface area contributed by atoms with Crippen LogP contribution in [-0.4, -0.2) is 36.6 Å². The van der Waals surface area contributed by atoms with E-state index < -0.39 is 36.6 Å². The van der Waals surface area contributed by atoms with Gasteiger partial charge in [0, 0.05) is 34.1 Å². The molecule has 0 aliphatic carbocycles. The number of rotatable bonds is 8. The van der Waals surface area contributed by atoms with Gasteiger partial charge in [-0.3, -0.25) is 0 Å². The standard InChI is InChI=1S/C43H48B2N2O4/c1-31-15-21-35(22-16-31)47(37-25-19-33(20-26-37)45-50-42(6,7)43(8,9)51-45)39-29-27-38(28-30-39)46(34-13-11-10-12-14-34)36-23-17-32(18-24-36)44-48-40(2,3)41(4,5)49-44/h10-30H,1-9H3. The zero-order chi connectivity index (χ0) is 36.2. The Labute approximate surface area is 304 Å². The molecule has 7 rings (SSSR count). The molecule has 2 saturated heterocycles. The Morgan fingerprint density at radius 3 is 0.922 bits per heavy atom. The summed E-state index contributed by atoms with van der Waals surface area (Å²) in [6.45, 7) is 18.8. The highest BCUT2D eigenvalue weighted by atomic mass is 16.7. The third-order valence-electron chi connectivity index (χ3n) is 11.0. The monoisotopic (exact) mass is 678 g/mol. The van der Waals surface area contributed by atoms with E-state index in [4.69, 9.17) is 18.6 Å². The molecule has 5 aromatic rings. The third kappa shape index (κ3) is 6.74. The summed E-state index contributed by atoms with van der Waals surface area (Å²) in [5.74, 6) is 0. The maximum atomic E-state index is 6.34. The van der Waals surface area contributed by atoms with Gasteiger partial charge in [-0.25, -0.2) is 0 Å². The summed E-state index contributed by atoms with van der Waals surface area (Å²) in [5.41, 5.74) is 7.98. The average Bonchev–Trinajstić information content (AvgIpc) is 3.47. The van der Waals surface area contributed by atoms with Crippen LogP contribution in [0.25, 0.3) is 0 Å². The van der Waals surface area contributed by atoms with Crippen molar-refractivity contribution in [2.75, 3.05) is 9.80 Å². The van der Waals surface area contributed by atoms with E-state index in [1.54, 1.807) is 0 Å². The van der Waals surface area contributed by atoms with Crippen LogP contribution < -0.4 is 20.7 Å². The van der Waals surface area contributed by atoms with Gasteiger partial charge in [0.2, 0.25) is 0 Å². The lowest BCUT2D eigenvalue weighted by atomic mass is 9.79. The maximum absolute atomic E-state index is 6.34. The Bertz CT molecular complexity index is 1930. The summed E-state index contributed by atoms with van der Waals surface area (Å²) in [6, 6.07) is 44.8. The lowest BCUT2D eigenvalue weighted by Gasteiger charge is -2.32. The first-order chi connectivity index (χ1) is 24.1. The van der Waals surface area contributed by atoms with E-state index in [2.05, 4.69) is 193 Å². The summed E-state index contributed by atoms with van der Waals surface area (Å²) in [7, 11) is -0.821. The van der Waals surface area contributed by atoms with Gasteiger partial charge < -0.3 is 28.4 Å². The number of benzene rings is 5. The topological polar surface area (TPSA) is 43.4 Å². The van der Waals surface area contributed by atoms with E-state index in [0.717, 1.165) is 45.0 Å². The number of nitrogens with zero attached hydrogens (tertiary/aromatic N) is 2. The molecule has 2 aliphatic rings. The van der Waals surface area contributed by atoms with Crippen LogP contribution in [0.2, 0.25) is 0 Å². The summed E-state index contributed by atoms with van der Waals surface area (Å²) >= 11 is 0. The van der Waals surface area contributed by atoms with Crippen LogP contribution in [0.5, 0.6) is 0 Å². The van der Waals surface area contributed by atoms with E-state index in [1.165, 1.54) is 5.56 Å². The van der Waals surface area contributed by atoms with Crippen molar-refractivity contribution in [2.24, 2.45) is 0 Å². The quantitative estimate of drug-likeness (QED) is 0.152. The van der Waals surface area contributed by atoms with Crippen molar-refractivity contribution >= 4 is 59.3 Å². The normalized spacial score (nSPS) is 18.5. The van der Waals surface area contributed by atoms with E-state index in [1.807, 2.05) is 6.07 Å². The van der Waals surface area contributed by atoms with Gasteiger partial charge in [0.05, 0.1) is 22.4 Å². The molecule has 2 fully saturated rings. The third-order valence-corrected chi connectivity index (χ3v) is 11.0. The second kappa shape index (κ2) is 13.0. The zero-order valence-electron chi connectivity index (χ0n) is 31.3. The van der Waals surface area contributed by atoms with Gasteiger partial charge in [-0.1, -0.05) is 60.2 Å². The lowest BCUT2D eigenvalue weighted by molar-refractivity contribution is 0.00578. The van der Waals surface area contributed by atoms with Gasteiger partial charge in [0.15, 0.2) is 0 Å². The van der Waals surface area contributed by atoms with Gasteiger partial charge in [-0.05, 0) is 146 Å². The van der Waals surface area contributed by atoms with E-state index in [9.17, 15) is 0 Å².